The minimum absolute atomic E-state index is 0.264. The molecule has 1 saturated heterocycles. The van der Waals surface area contributed by atoms with Crippen molar-refractivity contribution in [2.75, 3.05) is 53.0 Å². The molecule has 0 spiro atoms. The molecular weight excluding hydrogens is 380 g/mol. The summed E-state index contributed by atoms with van der Waals surface area (Å²) in [7, 11) is 1.64. The quantitative estimate of drug-likeness (QED) is 0.678. The van der Waals surface area contributed by atoms with Crippen LogP contribution in [0.1, 0.15) is 25.7 Å². The van der Waals surface area contributed by atoms with Crippen LogP contribution >= 0.6 is 0 Å². The lowest BCUT2D eigenvalue weighted by Gasteiger charge is -2.36. The highest BCUT2D eigenvalue weighted by Gasteiger charge is 2.23. The number of ether oxygens (including phenoxy) is 2. The molecule has 2 aromatic rings. The van der Waals surface area contributed by atoms with Crippen LogP contribution in [0.2, 0.25) is 0 Å². The molecule has 2 heterocycles. The van der Waals surface area contributed by atoms with Gasteiger partial charge in [0.2, 0.25) is 0 Å². The van der Waals surface area contributed by atoms with Crippen LogP contribution in [-0.2, 0) is 0 Å². The molecule has 4 rings (SSSR count). The molecule has 1 aromatic carbocycles. The molecule has 0 amide bonds. The Balaban J connectivity index is 1.23. The van der Waals surface area contributed by atoms with E-state index in [1.165, 1.54) is 32.2 Å². The standard InChI is InChI=1S/C24H34N2O4/c1-28-23-12-21(20-6-11-29-17-20)13-24(14-23)30-18-22(27)16-26-9-7-25(8-10-26)15-19-4-2-3-5-19/h6,11-14,17,19,22,27H,2-5,7-10,15-16,18H2,1H3. The normalized spacial score (nSPS) is 19.8. The molecule has 1 aliphatic carbocycles. The lowest BCUT2D eigenvalue weighted by molar-refractivity contribution is 0.0432. The lowest BCUT2D eigenvalue weighted by Crippen LogP contribution is -2.50. The maximum absolute atomic E-state index is 10.5. The Morgan fingerprint density at radius 2 is 1.77 bits per heavy atom. The summed E-state index contributed by atoms with van der Waals surface area (Å²) < 4.78 is 16.5. The average molecular weight is 415 g/mol. The molecule has 2 fully saturated rings. The molecule has 30 heavy (non-hydrogen) atoms. The highest BCUT2D eigenvalue weighted by molar-refractivity contribution is 5.66. The Hall–Kier alpha value is -2.02. The Kier molecular flexibility index (Phi) is 7.31. The Labute approximate surface area is 179 Å². The van der Waals surface area contributed by atoms with E-state index in [9.17, 15) is 5.11 Å². The molecule has 1 saturated carbocycles. The number of rotatable bonds is 9. The third kappa shape index (κ3) is 5.78. The van der Waals surface area contributed by atoms with Gasteiger partial charge in [0.1, 0.15) is 24.2 Å². The number of methoxy groups -OCH3 is 1. The zero-order valence-corrected chi connectivity index (χ0v) is 18.0. The summed E-state index contributed by atoms with van der Waals surface area (Å²) in [6.07, 6.45) is 8.45. The number of aliphatic hydroxyl groups excluding tert-OH is 1. The van der Waals surface area contributed by atoms with Crippen molar-refractivity contribution < 1.29 is 19.0 Å². The summed E-state index contributed by atoms with van der Waals surface area (Å²) in [4.78, 5) is 4.95. The van der Waals surface area contributed by atoms with Crippen LogP contribution in [0.25, 0.3) is 11.1 Å². The van der Waals surface area contributed by atoms with Gasteiger partial charge in [0.15, 0.2) is 0 Å². The van der Waals surface area contributed by atoms with E-state index >= 15 is 0 Å². The summed E-state index contributed by atoms with van der Waals surface area (Å²) >= 11 is 0. The first-order valence-electron chi connectivity index (χ1n) is 11.2. The van der Waals surface area contributed by atoms with Crippen molar-refractivity contribution in [1.29, 1.82) is 0 Å². The smallest absolute Gasteiger partial charge is 0.123 e. The van der Waals surface area contributed by atoms with Crippen LogP contribution in [0.5, 0.6) is 11.5 Å². The monoisotopic (exact) mass is 414 g/mol. The molecule has 1 aromatic heterocycles. The predicted molar refractivity (Wildman–Crippen MR) is 117 cm³/mol. The van der Waals surface area contributed by atoms with Crippen molar-refractivity contribution >= 4 is 0 Å². The van der Waals surface area contributed by atoms with Gasteiger partial charge in [0, 0.05) is 50.9 Å². The molecule has 6 heteroatoms. The van der Waals surface area contributed by atoms with Crippen LogP contribution in [0.4, 0.5) is 0 Å². The van der Waals surface area contributed by atoms with Gasteiger partial charge < -0.3 is 23.9 Å². The predicted octanol–water partition coefficient (Wildman–Crippen LogP) is 3.50. The van der Waals surface area contributed by atoms with Gasteiger partial charge in [-0.1, -0.05) is 12.8 Å². The van der Waals surface area contributed by atoms with E-state index in [1.807, 2.05) is 24.3 Å². The molecule has 1 unspecified atom stereocenters. The summed E-state index contributed by atoms with van der Waals surface area (Å²) in [5.41, 5.74) is 1.93. The fourth-order valence-electron chi connectivity index (χ4n) is 4.62. The number of furan rings is 1. The van der Waals surface area contributed by atoms with E-state index < -0.39 is 6.10 Å². The third-order valence-electron chi connectivity index (χ3n) is 6.34. The largest absolute Gasteiger partial charge is 0.497 e. The van der Waals surface area contributed by atoms with E-state index in [0.717, 1.165) is 49.0 Å². The van der Waals surface area contributed by atoms with Crippen LogP contribution < -0.4 is 9.47 Å². The van der Waals surface area contributed by atoms with Crippen molar-refractivity contribution in [1.82, 2.24) is 9.80 Å². The molecule has 6 nitrogen and oxygen atoms in total. The highest BCUT2D eigenvalue weighted by atomic mass is 16.5. The number of nitrogens with zero attached hydrogens (tertiary/aromatic N) is 2. The average Bonchev–Trinajstić information content (AvgIpc) is 3.48. The van der Waals surface area contributed by atoms with Gasteiger partial charge in [-0.05, 0) is 42.5 Å². The Morgan fingerprint density at radius 1 is 1.03 bits per heavy atom. The molecule has 0 bridgehead atoms. The minimum atomic E-state index is -0.519. The first-order valence-corrected chi connectivity index (χ1v) is 11.2. The van der Waals surface area contributed by atoms with Crippen LogP contribution in [0, 0.1) is 5.92 Å². The van der Waals surface area contributed by atoms with Crippen LogP contribution in [0.15, 0.2) is 41.2 Å². The summed E-state index contributed by atoms with van der Waals surface area (Å²) in [5.74, 6) is 2.31. The first kappa shape index (κ1) is 21.2. The second-order valence-corrected chi connectivity index (χ2v) is 8.63. The molecule has 0 radical (unpaired) electrons. The van der Waals surface area contributed by atoms with Gasteiger partial charge >= 0.3 is 0 Å². The van der Waals surface area contributed by atoms with Crippen LogP contribution in [0.3, 0.4) is 0 Å². The zero-order valence-electron chi connectivity index (χ0n) is 18.0. The number of benzene rings is 1. The molecular formula is C24H34N2O4. The van der Waals surface area contributed by atoms with Gasteiger partial charge in [-0.25, -0.2) is 0 Å². The first-order chi connectivity index (χ1) is 14.7. The molecule has 1 aliphatic heterocycles. The van der Waals surface area contributed by atoms with E-state index in [-0.39, 0.29) is 6.61 Å². The van der Waals surface area contributed by atoms with Crippen LogP contribution in [-0.4, -0.2) is 74.0 Å². The molecule has 2 aliphatic rings. The van der Waals surface area contributed by atoms with Crippen molar-refractivity contribution in [2.24, 2.45) is 5.92 Å². The highest BCUT2D eigenvalue weighted by Crippen LogP contribution is 2.30. The molecule has 1 N–H and O–H groups in total. The van der Waals surface area contributed by atoms with Gasteiger partial charge in [-0.2, -0.15) is 0 Å². The van der Waals surface area contributed by atoms with E-state index in [0.29, 0.717) is 12.3 Å². The number of piperazine rings is 1. The van der Waals surface area contributed by atoms with Gasteiger partial charge in [0.25, 0.3) is 0 Å². The molecule has 1 atom stereocenters. The number of β-amino-alcohol motifs (C(OH)–C–C–N with tert-alkyl or cyclic N) is 1. The van der Waals surface area contributed by atoms with Crippen molar-refractivity contribution in [3.05, 3.63) is 36.8 Å². The summed E-state index contributed by atoms with van der Waals surface area (Å²) in [6.45, 7) is 6.42. The Bertz CT molecular complexity index is 766. The van der Waals surface area contributed by atoms with E-state index in [1.54, 1.807) is 19.6 Å². The number of aliphatic hydroxyl groups is 1. The summed E-state index contributed by atoms with van der Waals surface area (Å²) in [5, 5.41) is 10.5. The second-order valence-electron chi connectivity index (χ2n) is 8.63. The number of hydrogen-bond acceptors (Lipinski definition) is 6. The SMILES string of the molecule is COc1cc(OCC(O)CN2CCN(CC3CCCC3)CC2)cc(-c2ccoc2)c1. The maximum atomic E-state index is 10.5. The summed E-state index contributed by atoms with van der Waals surface area (Å²) in [6, 6.07) is 7.64. The van der Waals surface area contributed by atoms with Gasteiger partial charge in [0.05, 0.1) is 19.6 Å². The minimum Gasteiger partial charge on any atom is -0.497 e. The topological polar surface area (TPSA) is 58.3 Å². The van der Waals surface area contributed by atoms with E-state index in [4.69, 9.17) is 13.9 Å². The lowest BCUT2D eigenvalue weighted by atomic mass is 10.1. The van der Waals surface area contributed by atoms with Gasteiger partial charge in [-0.15, -0.1) is 0 Å². The molecule has 164 valence electrons. The fourth-order valence-corrected chi connectivity index (χ4v) is 4.62. The maximum Gasteiger partial charge on any atom is 0.123 e. The fraction of sp³-hybridized carbons (Fsp3) is 0.583. The van der Waals surface area contributed by atoms with Crippen molar-refractivity contribution in [2.45, 2.75) is 31.8 Å². The second kappa shape index (κ2) is 10.3. The van der Waals surface area contributed by atoms with Gasteiger partial charge in [-0.3, -0.25) is 4.90 Å². The van der Waals surface area contributed by atoms with Crippen molar-refractivity contribution in [3.63, 3.8) is 0 Å². The number of hydrogen-bond donors (Lipinski definition) is 1. The van der Waals surface area contributed by atoms with Crippen molar-refractivity contribution in [3.8, 4) is 22.6 Å². The van der Waals surface area contributed by atoms with E-state index in [2.05, 4.69) is 9.80 Å². The third-order valence-corrected chi connectivity index (χ3v) is 6.34. The zero-order chi connectivity index (χ0) is 20.8. The Morgan fingerprint density at radius 3 is 2.47 bits per heavy atom.